The largest absolute Gasteiger partial charge is 0.351 e. The van der Waals surface area contributed by atoms with E-state index in [4.69, 9.17) is 0 Å². The molecule has 166 valence electrons. The third-order valence-electron chi connectivity index (χ3n) is 8.51. The molecule has 1 heterocycles. The molecule has 0 saturated heterocycles. The number of allylic oxidation sites excluding steroid dienone is 8. The van der Waals surface area contributed by atoms with E-state index in [1.54, 1.807) is 5.20 Å². The Morgan fingerprint density at radius 2 is 1.39 bits per heavy atom. The van der Waals surface area contributed by atoms with E-state index in [0.717, 1.165) is 0 Å². The lowest BCUT2D eigenvalue weighted by Gasteiger charge is -2.35. The van der Waals surface area contributed by atoms with E-state index in [1.807, 2.05) is 0 Å². The van der Waals surface area contributed by atoms with Crippen molar-refractivity contribution in [3.8, 4) is 11.1 Å². The van der Waals surface area contributed by atoms with Gasteiger partial charge in [0.05, 0.1) is 14.0 Å². The van der Waals surface area contributed by atoms with Crippen molar-refractivity contribution in [2.45, 2.75) is 39.4 Å². The molecule has 1 unspecified atom stereocenters. The predicted molar refractivity (Wildman–Crippen MR) is 146 cm³/mol. The molecule has 4 aliphatic rings. The van der Waals surface area contributed by atoms with Crippen LogP contribution in [0.4, 0.5) is 0 Å². The van der Waals surface area contributed by atoms with Gasteiger partial charge in [-0.2, -0.15) is 0 Å². The summed E-state index contributed by atoms with van der Waals surface area (Å²) < 4.78 is 1.34. The average Bonchev–Trinajstić information content (AvgIpc) is 3.39. The summed E-state index contributed by atoms with van der Waals surface area (Å²) in [5.41, 5.74) is 14.9. The minimum Gasteiger partial charge on any atom is -0.351 e. The summed E-state index contributed by atoms with van der Waals surface area (Å²) >= 11 is 4.07. The van der Waals surface area contributed by atoms with Crippen LogP contribution in [0.15, 0.2) is 104 Å². The van der Waals surface area contributed by atoms with Gasteiger partial charge in [0.2, 0.25) is 0 Å². The lowest BCUT2D eigenvalue weighted by Crippen LogP contribution is -2.38. The predicted octanol–water partition coefficient (Wildman–Crippen LogP) is 8.24. The molecule has 6 rings (SSSR count). The Balaban J connectivity index is 1.58. The minimum absolute atomic E-state index is 0.356. The van der Waals surface area contributed by atoms with Gasteiger partial charge in [-0.25, -0.2) is 0 Å². The fraction of sp³-hybridized carbons (Fsp3) is 0.267. The summed E-state index contributed by atoms with van der Waals surface area (Å²) in [6.45, 7) is 12.0. The van der Waals surface area contributed by atoms with Crippen LogP contribution in [0, 0.1) is 5.92 Å². The molecule has 0 radical (unpaired) electrons. The van der Waals surface area contributed by atoms with Crippen LogP contribution in [0.5, 0.6) is 0 Å². The second-order valence-corrected chi connectivity index (χ2v) is 15.9. The van der Waals surface area contributed by atoms with E-state index in [0.29, 0.717) is 11.5 Å². The Morgan fingerprint density at radius 3 is 2.00 bits per heavy atom. The van der Waals surface area contributed by atoms with Crippen molar-refractivity contribution < 1.29 is 0 Å². The van der Waals surface area contributed by atoms with Gasteiger partial charge in [-0.1, -0.05) is 89.2 Å². The van der Waals surface area contributed by atoms with Crippen molar-refractivity contribution >= 4 is 24.0 Å². The first-order chi connectivity index (χ1) is 15.7. The van der Waals surface area contributed by atoms with Crippen LogP contribution in [0.1, 0.15) is 37.4 Å². The van der Waals surface area contributed by atoms with Gasteiger partial charge < -0.3 is 4.90 Å². The van der Waals surface area contributed by atoms with Gasteiger partial charge in [0, 0.05) is 28.5 Å². The third kappa shape index (κ3) is 2.70. The lowest BCUT2D eigenvalue weighted by molar-refractivity contribution is 0.521. The van der Waals surface area contributed by atoms with Gasteiger partial charge in [0.15, 0.2) is 0 Å². The van der Waals surface area contributed by atoms with Crippen LogP contribution in [0.3, 0.4) is 0 Å². The summed E-state index contributed by atoms with van der Waals surface area (Å²) in [4.78, 5) is 2.39. The molecule has 2 aromatic carbocycles. The van der Waals surface area contributed by atoms with Gasteiger partial charge in [-0.05, 0) is 71.0 Å². The van der Waals surface area contributed by atoms with Gasteiger partial charge in [0.1, 0.15) is 0 Å². The van der Waals surface area contributed by atoms with Crippen LogP contribution in [-0.2, 0) is 0 Å². The maximum atomic E-state index is 4.07. The molecule has 0 N–H and O–H groups in total. The maximum absolute atomic E-state index is 4.07. The van der Waals surface area contributed by atoms with E-state index in [9.17, 15) is 0 Å². The molecule has 33 heavy (non-hydrogen) atoms. The normalized spacial score (nSPS) is 21.9. The highest BCUT2D eigenvalue weighted by atomic mass is 79.9. The molecule has 1 nitrogen and oxygen atoms in total. The summed E-state index contributed by atoms with van der Waals surface area (Å²) in [6.07, 6.45) is 4.96. The van der Waals surface area contributed by atoms with Crippen molar-refractivity contribution in [3.05, 3.63) is 115 Å². The molecule has 0 fully saturated rings. The van der Waals surface area contributed by atoms with E-state index in [-0.39, 0.29) is 0 Å². The Hall–Kier alpha value is -2.36. The Kier molecular flexibility index (Phi) is 4.54. The maximum Gasteiger partial charge on any atom is 0.0939 e. The van der Waals surface area contributed by atoms with Crippen LogP contribution in [-0.4, -0.2) is 20.0 Å². The third-order valence-corrected chi connectivity index (χ3v) is 13.4. The Morgan fingerprint density at radius 1 is 0.818 bits per heavy atom. The highest BCUT2D eigenvalue weighted by molar-refractivity contribution is 9.11. The average molecular weight is 513 g/mol. The molecule has 3 aliphatic carbocycles. The zero-order valence-corrected chi connectivity index (χ0v) is 22.8. The highest BCUT2D eigenvalue weighted by Gasteiger charge is 2.47. The standard InChI is InChI=1S/C30H30BrNSi/c1-17-15-24-25(16-26-27(28(24)31)18(2)19(3)32(26)4)29(17)33(5,6)30-22-13-9-7-11-20(22)21-12-8-10-14-23(21)30/h7-16,27,30H,1-6H3. The van der Waals surface area contributed by atoms with Gasteiger partial charge >= 0.3 is 0 Å². The summed E-state index contributed by atoms with van der Waals surface area (Å²) in [5, 5.41) is 1.62. The number of fused-ring (bicyclic) bond motifs is 5. The zero-order valence-electron chi connectivity index (χ0n) is 20.3. The second-order valence-electron chi connectivity index (χ2n) is 10.5. The number of halogens is 1. The van der Waals surface area contributed by atoms with Gasteiger partial charge in [-0.3, -0.25) is 0 Å². The smallest absolute Gasteiger partial charge is 0.0939 e. The topological polar surface area (TPSA) is 3.24 Å². The Bertz CT molecular complexity index is 1350. The highest BCUT2D eigenvalue weighted by Crippen LogP contribution is 2.56. The molecule has 1 aliphatic heterocycles. The van der Waals surface area contributed by atoms with Crippen molar-refractivity contribution in [2.75, 3.05) is 7.05 Å². The number of hydrogen-bond acceptors (Lipinski definition) is 1. The van der Waals surface area contributed by atoms with Crippen molar-refractivity contribution in [1.29, 1.82) is 0 Å². The van der Waals surface area contributed by atoms with Gasteiger partial charge in [-0.15, -0.1) is 0 Å². The van der Waals surface area contributed by atoms with E-state index < -0.39 is 8.07 Å². The molecule has 0 spiro atoms. The first-order valence-electron chi connectivity index (χ1n) is 11.9. The lowest BCUT2D eigenvalue weighted by atomic mass is 9.89. The van der Waals surface area contributed by atoms with Crippen LogP contribution < -0.4 is 0 Å². The fourth-order valence-corrected chi connectivity index (χ4v) is 12.1. The summed E-state index contributed by atoms with van der Waals surface area (Å²) in [5.74, 6) is 0.356. The number of rotatable bonds is 2. The van der Waals surface area contributed by atoms with Crippen molar-refractivity contribution in [1.82, 2.24) is 4.90 Å². The fourth-order valence-electron chi connectivity index (χ4n) is 6.88. The number of hydrogen-bond donors (Lipinski definition) is 0. The van der Waals surface area contributed by atoms with E-state index in [1.165, 1.54) is 60.4 Å². The van der Waals surface area contributed by atoms with E-state index >= 15 is 0 Å². The number of nitrogens with zero attached hydrogens (tertiary/aromatic N) is 1. The molecule has 2 aromatic rings. The first-order valence-corrected chi connectivity index (χ1v) is 15.7. The zero-order chi connectivity index (χ0) is 23.2. The molecule has 0 saturated carbocycles. The molecule has 1 atom stereocenters. The molecular formula is C30H30BrNSi. The van der Waals surface area contributed by atoms with Crippen LogP contribution in [0.25, 0.3) is 11.1 Å². The quantitative estimate of drug-likeness (QED) is 0.366. The number of benzene rings is 2. The molecular weight excluding hydrogens is 482 g/mol. The van der Waals surface area contributed by atoms with Crippen molar-refractivity contribution in [3.63, 3.8) is 0 Å². The van der Waals surface area contributed by atoms with Crippen molar-refractivity contribution in [2.24, 2.45) is 5.92 Å². The molecule has 0 aromatic heterocycles. The summed E-state index contributed by atoms with van der Waals surface area (Å²) in [7, 11) is 0.259. The van der Waals surface area contributed by atoms with E-state index in [2.05, 4.69) is 122 Å². The van der Waals surface area contributed by atoms with Gasteiger partial charge in [0.25, 0.3) is 0 Å². The minimum atomic E-state index is -1.96. The first kappa shape index (κ1) is 21.2. The SMILES string of the molecule is CC1=CC2=C(Br)C3C(=CC2=C1[Si](C)(C)C1c2ccccc2-c2ccccc21)N(C)C(C)=C3C. The molecule has 0 bridgehead atoms. The van der Waals surface area contributed by atoms with Crippen LogP contribution in [0.2, 0.25) is 13.1 Å². The van der Waals surface area contributed by atoms with Crippen LogP contribution >= 0.6 is 15.9 Å². The molecule has 3 heteroatoms. The molecule has 0 amide bonds. The summed E-state index contributed by atoms with van der Waals surface area (Å²) in [6, 6.07) is 18.2. The second kappa shape index (κ2) is 7.07. The monoisotopic (exact) mass is 511 g/mol. The Labute approximate surface area is 207 Å².